The molecule has 0 bridgehead atoms. The number of fused-ring (bicyclic) bond motifs is 7. The van der Waals surface area contributed by atoms with Gasteiger partial charge in [0, 0.05) is 27.8 Å². The molecule has 0 amide bonds. The molecule has 262 valence electrons. The molecule has 1 heterocycles. The van der Waals surface area contributed by atoms with Gasteiger partial charge in [0.25, 0.3) is 0 Å². The number of benzene rings is 10. The summed E-state index contributed by atoms with van der Waals surface area (Å²) in [5.41, 5.74) is 12.3. The van der Waals surface area contributed by atoms with Crippen LogP contribution in [0.2, 0.25) is 0 Å². The van der Waals surface area contributed by atoms with Gasteiger partial charge < -0.3 is 9.32 Å². The van der Waals surface area contributed by atoms with Crippen LogP contribution in [0.3, 0.4) is 0 Å². The molecule has 2 nitrogen and oxygen atoms in total. The zero-order valence-corrected chi connectivity index (χ0v) is 30.6. The second-order valence-electron chi connectivity index (χ2n) is 14.5. The van der Waals surface area contributed by atoms with Gasteiger partial charge in [-0.15, -0.1) is 0 Å². The van der Waals surface area contributed by atoms with Crippen molar-refractivity contribution in [3.05, 3.63) is 212 Å². The van der Waals surface area contributed by atoms with Crippen LogP contribution in [0, 0.1) is 0 Å². The molecule has 0 aliphatic rings. The summed E-state index contributed by atoms with van der Waals surface area (Å²) in [6.45, 7) is 0. The van der Waals surface area contributed by atoms with E-state index in [4.69, 9.17) is 4.42 Å². The highest BCUT2D eigenvalue weighted by atomic mass is 16.3. The molecule has 0 spiro atoms. The molecular weight excluding hydrogens is 679 g/mol. The van der Waals surface area contributed by atoms with E-state index in [0.717, 1.165) is 50.0 Å². The molecule has 0 radical (unpaired) electrons. The van der Waals surface area contributed by atoms with Crippen LogP contribution in [0.5, 0.6) is 0 Å². The highest BCUT2D eigenvalue weighted by molar-refractivity contribution is 6.14. The summed E-state index contributed by atoms with van der Waals surface area (Å²) in [4.78, 5) is 2.37. The molecule has 10 aromatic carbocycles. The van der Waals surface area contributed by atoms with E-state index in [1.54, 1.807) is 0 Å². The maximum atomic E-state index is 6.25. The molecule has 1 aromatic heterocycles. The second kappa shape index (κ2) is 13.2. The molecule has 0 saturated heterocycles. The van der Waals surface area contributed by atoms with Crippen LogP contribution >= 0.6 is 0 Å². The van der Waals surface area contributed by atoms with E-state index >= 15 is 0 Å². The quantitative estimate of drug-likeness (QED) is 0.160. The van der Waals surface area contributed by atoms with Crippen molar-refractivity contribution in [2.24, 2.45) is 0 Å². The van der Waals surface area contributed by atoms with Crippen LogP contribution in [0.4, 0.5) is 17.1 Å². The molecule has 11 rings (SSSR count). The summed E-state index contributed by atoms with van der Waals surface area (Å²) >= 11 is 0. The summed E-state index contributed by atoms with van der Waals surface area (Å²) in [5, 5.41) is 9.65. The molecule has 0 saturated carbocycles. The zero-order chi connectivity index (χ0) is 37.0. The van der Waals surface area contributed by atoms with Crippen molar-refractivity contribution < 1.29 is 4.42 Å². The van der Waals surface area contributed by atoms with Crippen LogP contribution < -0.4 is 4.90 Å². The Morgan fingerprint density at radius 2 is 0.893 bits per heavy atom. The van der Waals surface area contributed by atoms with E-state index in [1.807, 2.05) is 12.1 Å². The predicted octanol–water partition coefficient (Wildman–Crippen LogP) is 15.5. The van der Waals surface area contributed by atoms with Gasteiger partial charge in [0.1, 0.15) is 11.2 Å². The summed E-state index contributed by atoms with van der Waals surface area (Å²) in [6, 6.07) is 76.6. The van der Waals surface area contributed by atoms with Crippen molar-refractivity contribution in [2.45, 2.75) is 0 Å². The number of hydrogen-bond donors (Lipinski definition) is 0. The Labute approximate surface area is 325 Å². The molecule has 11 aromatic rings. The Hall–Kier alpha value is -7.42. The number of anilines is 3. The Bertz CT molecular complexity index is 3250. The minimum atomic E-state index is 0.909. The van der Waals surface area contributed by atoms with Crippen LogP contribution in [0.1, 0.15) is 0 Å². The Morgan fingerprint density at radius 1 is 0.268 bits per heavy atom. The van der Waals surface area contributed by atoms with E-state index in [2.05, 4.69) is 205 Å². The molecule has 0 aliphatic carbocycles. The van der Waals surface area contributed by atoms with Crippen molar-refractivity contribution in [3.8, 4) is 33.4 Å². The summed E-state index contributed by atoms with van der Waals surface area (Å²) < 4.78 is 6.25. The van der Waals surface area contributed by atoms with Crippen LogP contribution in [0.25, 0.3) is 87.6 Å². The fourth-order valence-corrected chi connectivity index (χ4v) is 8.46. The van der Waals surface area contributed by atoms with E-state index in [1.165, 1.54) is 54.7 Å². The molecule has 2 heteroatoms. The topological polar surface area (TPSA) is 16.4 Å². The number of furan rings is 1. The van der Waals surface area contributed by atoms with E-state index in [-0.39, 0.29) is 0 Å². The Morgan fingerprint density at radius 3 is 1.75 bits per heavy atom. The third-order valence-electron chi connectivity index (χ3n) is 11.2. The second-order valence-corrected chi connectivity index (χ2v) is 14.5. The fraction of sp³-hybridized carbons (Fsp3) is 0. The summed E-state index contributed by atoms with van der Waals surface area (Å²) in [5.74, 6) is 0. The molecular formula is C54H35NO. The minimum Gasteiger partial charge on any atom is -0.456 e. The highest BCUT2D eigenvalue weighted by Crippen LogP contribution is 2.41. The highest BCUT2D eigenvalue weighted by Gasteiger charge is 2.17. The molecule has 0 N–H and O–H groups in total. The van der Waals surface area contributed by atoms with E-state index in [0.29, 0.717) is 0 Å². The number of rotatable bonds is 6. The number of para-hydroxylation sites is 1. The van der Waals surface area contributed by atoms with Crippen molar-refractivity contribution >= 4 is 71.3 Å². The Kier molecular flexibility index (Phi) is 7.53. The van der Waals surface area contributed by atoms with Crippen LogP contribution in [-0.2, 0) is 0 Å². The van der Waals surface area contributed by atoms with Gasteiger partial charge in [0.05, 0.1) is 0 Å². The van der Waals surface area contributed by atoms with Gasteiger partial charge in [-0.2, -0.15) is 0 Å². The first-order valence-electron chi connectivity index (χ1n) is 19.2. The van der Waals surface area contributed by atoms with E-state index < -0.39 is 0 Å². The van der Waals surface area contributed by atoms with Gasteiger partial charge in [0.15, 0.2) is 0 Å². The maximum Gasteiger partial charge on any atom is 0.136 e. The SMILES string of the molecule is c1ccc(-c2ccc(N(c3cccc(-c4cccc(-c5cc6ccccc6c6ccccc56)c4)c3)c3ccc4cc5oc6ccccc6c5cc4c3)cc2)cc1. The van der Waals surface area contributed by atoms with Crippen molar-refractivity contribution in [1.82, 2.24) is 0 Å². The molecule has 56 heavy (non-hydrogen) atoms. The van der Waals surface area contributed by atoms with Crippen LogP contribution in [0.15, 0.2) is 217 Å². The monoisotopic (exact) mass is 713 g/mol. The Balaban J connectivity index is 1.04. The van der Waals surface area contributed by atoms with Crippen LogP contribution in [-0.4, -0.2) is 0 Å². The van der Waals surface area contributed by atoms with Gasteiger partial charge >= 0.3 is 0 Å². The predicted molar refractivity (Wildman–Crippen MR) is 237 cm³/mol. The fourth-order valence-electron chi connectivity index (χ4n) is 8.46. The third kappa shape index (κ3) is 5.51. The van der Waals surface area contributed by atoms with E-state index in [9.17, 15) is 0 Å². The largest absolute Gasteiger partial charge is 0.456 e. The van der Waals surface area contributed by atoms with Crippen molar-refractivity contribution in [1.29, 1.82) is 0 Å². The lowest BCUT2D eigenvalue weighted by Crippen LogP contribution is -2.10. The summed E-state index contributed by atoms with van der Waals surface area (Å²) in [6.07, 6.45) is 0. The first-order valence-corrected chi connectivity index (χ1v) is 19.2. The molecule has 0 fully saturated rings. The summed E-state index contributed by atoms with van der Waals surface area (Å²) in [7, 11) is 0. The smallest absolute Gasteiger partial charge is 0.136 e. The minimum absolute atomic E-state index is 0.909. The standard InChI is InChI=1S/C54H35NO/c1-2-12-36(13-3-1)37-24-27-44(28-25-37)55(46-29-26-40-35-54-52(34-43(40)32-46)50-22-8-9-23-53(50)56-54)45-18-11-16-39(31-45)38-15-10-17-41(30-38)51-33-42-14-4-5-19-47(42)48-20-6-7-21-49(48)51/h1-35H. The third-order valence-corrected chi connectivity index (χ3v) is 11.2. The van der Waals surface area contributed by atoms with Gasteiger partial charge in [-0.25, -0.2) is 0 Å². The molecule has 0 unspecified atom stereocenters. The van der Waals surface area contributed by atoms with Gasteiger partial charge in [-0.1, -0.05) is 146 Å². The maximum absolute atomic E-state index is 6.25. The zero-order valence-electron chi connectivity index (χ0n) is 30.6. The number of hydrogen-bond acceptors (Lipinski definition) is 2. The molecule has 0 aliphatic heterocycles. The van der Waals surface area contributed by atoms with Gasteiger partial charge in [0.2, 0.25) is 0 Å². The average Bonchev–Trinajstić information content (AvgIpc) is 3.63. The first kappa shape index (κ1) is 32.0. The number of nitrogens with zero attached hydrogens (tertiary/aromatic N) is 1. The normalized spacial score (nSPS) is 11.6. The first-order chi connectivity index (χ1) is 27.7. The van der Waals surface area contributed by atoms with Gasteiger partial charge in [-0.05, 0) is 132 Å². The van der Waals surface area contributed by atoms with Crippen molar-refractivity contribution in [2.75, 3.05) is 4.90 Å². The average molecular weight is 714 g/mol. The lowest BCUT2D eigenvalue weighted by Gasteiger charge is -2.26. The molecule has 0 atom stereocenters. The van der Waals surface area contributed by atoms with Crippen molar-refractivity contribution in [3.63, 3.8) is 0 Å². The lowest BCUT2D eigenvalue weighted by molar-refractivity contribution is 0.669. The lowest BCUT2D eigenvalue weighted by atomic mass is 9.92. The van der Waals surface area contributed by atoms with Gasteiger partial charge in [-0.3, -0.25) is 0 Å².